The topological polar surface area (TPSA) is 89.8 Å². The van der Waals surface area contributed by atoms with Crippen LogP contribution in [0.3, 0.4) is 0 Å². The Hall–Kier alpha value is -2.93. The standard InChI is InChI=1S/C19H19ClN2O5/c1-13(2)21(11-14-6-4-3-5-7-14)18(23)12-27-19(24)16-9-8-15(22(25)26)10-17(16)20/h3-10,13H,11-12H2,1-2H3. The van der Waals surface area contributed by atoms with E-state index in [0.717, 1.165) is 17.7 Å². The molecule has 27 heavy (non-hydrogen) atoms. The molecule has 0 aliphatic rings. The van der Waals surface area contributed by atoms with Crippen LogP contribution in [-0.2, 0) is 16.1 Å². The first-order chi connectivity index (χ1) is 12.8. The van der Waals surface area contributed by atoms with E-state index in [4.69, 9.17) is 16.3 Å². The summed E-state index contributed by atoms with van der Waals surface area (Å²) in [6.45, 7) is 3.69. The highest BCUT2D eigenvalue weighted by Gasteiger charge is 2.21. The molecule has 8 heteroatoms. The number of hydrogen-bond acceptors (Lipinski definition) is 5. The molecule has 0 radical (unpaired) electrons. The predicted molar refractivity (Wildman–Crippen MR) is 101 cm³/mol. The number of nitro groups is 1. The molecule has 7 nitrogen and oxygen atoms in total. The van der Waals surface area contributed by atoms with Crippen LogP contribution in [0.2, 0.25) is 5.02 Å². The third-order valence-electron chi connectivity index (χ3n) is 3.85. The number of hydrogen-bond donors (Lipinski definition) is 0. The van der Waals surface area contributed by atoms with Gasteiger partial charge in [-0.15, -0.1) is 0 Å². The van der Waals surface area contributed by atoms with Crippen molar-refractivity contribution in [3.8, 4) is 0 Å². The van der Waals surface area contributed by atoms with Crippen molar-refractivity contribution < 1.29 is 19.2 Å². The number of carbonyl (C=O) groups excluding carboxylic acids is 2. The molecule has 0 unspecified atom stereocenters. The third kappa shape index (κ3) is 5.52. The maximum absolute atomic E-state index is 12.5. The Labute approximate surface area is 161 Å². The summed E-state index contributed by atoms with van der Waals surface area (Å²) in [5.74, 6) is -1.16. The van der Waals surface area contributed by atoms with Crippen molar-refractivity contribution >= 4 is 29.2 Å². The molecule has 0 heterocycles. The van der Waals surface area contributed by atoms with E-state index in [1.165, 1.54) is 6.07 Å². The Morgan fingerprint density at radius 1 is 1.19 bits per heavy atom. The van der Waals surface area contributed by atoms with Gasteiger partial charge in [0, 0.05) is 24.7 Å². The van der Waals surface area contributed by atoms with Gasteiger partial charge >= 0.3 is 5.97 Å². The van der Waals surface area contributed by atoms with Gasteiger partial charge < -0.3 is 9.64 Å². The van der Waals surface area contributed by atoms with Gasteiger partial charge in [-0.05, 0) is 25.5 Å². The first kappa shape index (κ1) is 20.4. The second kappa shape index (κ2) is 9.14. The first-order valence-electron chi connectivity index (χ1n) is 8.24. The summed E-state index contributed by atoms with van der Waals surface area (Å²) in [7, 11) is 0. The van der Waals surface area contributed by atoms with E-state index >= 15 is 0 Å². The third-order valence-corrected chi connectivity index (χ3v) is 4.16. The van der Waals surface area contributed by atoms with Gasteiger partial charge in [0.1, 0.15) is 0 Å². The number of amides is 1. The lowest BCUT2D eigenvalue weighted by molar-refractivity contribution is -0.384. The molecular weight excluding hydrogens is 372 g/mol. The normalized spacial score (nSPS) is 10.5. The summed E-state index contributed by atoms with van der Waals surface area (Å²) in [5.41, 5.74) is 0.694. The van der Waals surface area contributed by atoms with E-state index in [-0.39, 0.29) is 28.2 Å². The monoisotopic (exact) mass is 390 g/mol. The van der Waals surface area contributed by atoms with Gasteiger partial charge in [-0.3, -0.25) is 14.9 Å². The molecule has 0 saturated heterocycles. The maximum Gasteiger partial charge on any atom is 0.340 e. The lowest BCUT2D eigenvalue weighted by Gasteiger charge is -2.26. The highest BCUT2D eigenvalue weighted by atomic mass is 35.5. The van der Waals surface area contributed by atoms with Crippen molar-refractivity contribution in [2.24, 2.45) is 0 Å². The van der Waals surface area contributed by atoms with Crippen molar-refractivity contribution in [1.82, 2.24) is 4.90 Å². The zero-order valence-corrected chi connectivity index (χ0v) is 15.7. The van der Waals surface area contributed by atoms with E-state index in [0.29, 0.717) is 6.54 Å². The summed E-state index contributed by atoms with van der Waals surface area (Å²) in [4.78, 5) is 36.3. The molecule has 2 rings (SSSR count). The molecule has 142 valence electrons. The lowest BCUT2D eigenvalue weighted by Crippen LogP contribution is -2.39. The molecule has 0 saturated carbocycles. The van der Waals surface area contributed by atoms with E-state index in [9.17, 15) is 19.7 Å². The van der Waals surface area contributed by atoms with Crippen LogP contribution in [0.25, 0.3) is 0 Å². The summed E-state index contributed by atoms with van der Waals surface area (Å²) in [6, 6.07) is 12.8. The van der Waals surface area contributed by atoms with Gasteiger partial charge in [-0.25, -0.2) is 4.79 Å². The number of halogens is 1. The molecule has 2 aromatic carbocycles. The fraction of sp³-hybridized carbons (Fsp3) is 0.263. The highest BCUT2D eigenvalue weighted by Crippen LogP contribution is 2.23. The summed E-state index contributed by atoms with van der Waals surface area (Å²) in [6.07, 6.45) is 0. The predicted octanol–water partition coefficient (Wildman–Crippen LogP) is 3.84. The SMILES string of the molecule is CC(C)N(Cc1ccccc1)C(=O)COC(=O)c1ccc([N+](=O)[O-])cc1Cl. The van der Waals surface area contributed by atoms with E-state index in [1.807, 2.05) is 44.2 Å². The number of benzene rings is 2. The Kier molecular flexibility index (Phi) is 6.90. The van der Waals surface area contributed by atoms with Gasteiger partial charge in [0.2, 0.25) is 0 Å². The Morgan fingerprint density at radius 3 is 2.41 bits per heavy atom. The van der Waals surface area contributed by atoms with E-state index < -0.39 is 17.5 Å². The number of ether oxygens (including phenoxy) is 1. The first-order valence-corrected chi connectivity index (χ1v) is 8.62. The average Bonchev–Trinajstić information content (AvgIpc) is 2.64. The second-order valence-electron chi connectivity index (χ2n) is 6.10. The molecule has 0 aromatic heterocycles. The van der Waals surface area contributed by atoms with Crippen LogP contribution >= 0.6 is 11.6 Å². The molecule has 0 atom stereocenters. The van der Waals surface area contributed by atoms with Crippen molar-refractivity contribution in [3.05, 3.63) is 74.8 Å². The number of esters is 1. The number of non-ortho nitro benzene ring substituents is 1. The van der Waals surface area contributed by atoms with Crippen LogP contribution < -0.4 is 0 Å². The zero-order chi connectivity index (χ0) is 20.0. The Morgan fingerprint density at radius 2 is 1.85 bits per heavy atom. The van der Waals surface area contributed by atoms with Gasteiger partial charge in [0.15, 0.2) is 6.61 Å². The maximum atomic E-state index is 12.5. The molecule has 0 N–H and O–H groups in total. The molecule has 0 spiro atoms. The smallest absolute Gasteiger partial charge is 0.340 e. The fourth-order valence-corrected chi connectivity index (χ4v) is 2.66. The molecule has 0 aliphatic heterocycles. The molecule has 0 fully saturated rings. The molecule has 2 aromatic rings. The minimum absolute atomic E-state index is 0.0331. The lowest BCUT2D eigenvalue weighted by atomic mass is 10.2. The largest absolute Gasteiger partial charge is 0.452 e. The van der Waals surface area contributed by atoms with Gasteiger partial charge in [0.05, 0.1) is 15.5 Å². The van der Waals surface area contributed by atoms with Gasteiger partial charge in [-0.1, -0.05) is 41.9 Å². The fourth-order valence-electron chi connectivity index (χ4n) is 2.41. The van der Waals surface area contributed by atoms with Crippen LogP contribution in [0.4, 0.5) is 5.69 Å². The Balaban J connectivity index is 2.02. The molecule has 0 bridgehead atoms. The number of nitrogens with zero attached hydrogens (tertiary/aromatic N) is 2. The van der Waals surface area contributed by atoms with E-state index in [1.54, 1.807) is 4.90 Å². The molecule has 0 aliphatic carbocycles. The van der Waals surface area contributed by atoms with Crippen LogP contribution in [0.5, 0.6) is 0 Å². The second-order valence-corrected chi connectivity index (χ2v) is 6.51. The van der Waals surface area contributed by atoms with Crippen LogP contribution in [0.15, 0.2) is 48.5 Å². The zero-order valence-electron chi connectivity index (χ0n) is 14.9. The number of carbonyl (C=O) groups is 2. The van der Waals surface area contributed by atoms with Crippen molar-refractivity contribution in [2.75, 3.05) is 6.61 Å². The van der Waals surface area contributed by atoms with E-state index in [2.05, 4.69) is 0 Å². The van der Waals surface area contributed by atoms with Crippen molar-refractivity contribution in [3.63, 3.8) is 0 Å². The van der Waals surface area contributed by atoms with Crippen molar-refractivity contribution in [1.29, 1.82) is 0 Å². The number of rotatable bonds is 7. The number of nitro benzene ring substituents is 1. The summed E-state index contributed by atoms with van der Waals surface area (Å²) < 4.78 is 5.06. The van der Waals surface area contributed by atoms with Crippen molar-refractivity contribution in [2.45, 2.75) is 26.4 Å². The summed E-state index contributed by atoms with van der Waals surface area (Å²) in [5, 5.41) is 10.6. The van der Waals surface area contributed by atoms with Crippen LogP contribution in [0.1, 0.15) is 29.8 Å². The van der Waals surface area contributed by atoms with Gasteiger partial charge in [0.25, 0.3) is 11.6 Å². The van der Waals surface area contributed by atoms with Crippen LogP contribution in [0, 0.1) is 10.1 Å². The summed E-state index contributed by atoms with van der Waals surface area (Å²) >= 11 is 5.90. The van der Waals surface area contributed by atoms with Crippen LogP contribution in [-0.4, -0.2) is 34.3 Å². The minimum atomic E-state index is -0.813. The molecule has 1 amide bonds. The molecular formula is C19H19ClN2O5. The average molecular weight is 391 g/mol. The van der Waals surface area contributed by atoms with Gasteiger partial charge in [-0.2, -0.15) is 0 Å². The highest BCUT2D eigenvalue weighted by molar-refractivity contribution is 6.33. The minimum Gasteiger partial charge on any atom is -0.452 e. The quantitative estimate of drug-likeness (QED) is 0.407. The Bertz CT molecular complexity index is 839.